The Labute approximate surface area is 133 Å². The Kier molecular flexibility index (Phi) is 3.85. The Balaban J connectivity index is 1.72. The second kappa shape index (κ2) is 5.64. The maximum absolute atomic E-state index is 12.4. The molecule has 0 unspecified atom stereocenters. The molecule has 1 aliphatic rings. The third kappa shape index (κ3) is 3.03. The molecule has 0 saturated heterocycles. The Morgan fingerprint density at radius 1 is 1.14 bits per heavy atom. The molecule has 108 valence electrons. The fourth-order valence-electron chi connectivity index (χ4n) is 2.88. The number of amides is 1. The van der Waals surface area contributed by atoms with Crippen molar-refractivity contribution in [1.82, 2.24) is 0 Å². The van der Waals surface area contributed by atoms with E-state index >= 15 is 0 Å². The van der Waals surface area contributed by atoms with E-state index in [1.807, 2.05) is 44.2 Å². The summed E-state index contributed by atoms with van der Waals surface area (Å²) in [4.78, 5) is 12.4. The maximum Gasteiger partial charge on any atom is 0.228 e. The molecule has 1 aliphatic carbocycles. The summed E-state index contributed by atoms with van der Waals surface area (Å²) in [6, 6.07) is 14.4. The first-order chi connectivity index (χ1) is 10.1. The summed E-state index contributed by atoms with van der Waals surface area (Å²) in [6.07, 6.45) is 0.949. The van der Waals surface area contributed by atoms with Gasteiger partial charge >= 0.3 is 0 Å². The van der Waals surface area contributed by atoms with Gasteiger partial charge in [0.25, 0.3) is 0 Å². The first-order valence-corrected chi connectivity index (χ1v) is 7.98. The third-order valence-corrected chi connectivity index (χ3v) is 4.56. The molecule has 1 fully saturated rings. The Hall–Kier alpha value is -1.61. The Morgan fingerprint density at radius 2 is 1.76 bits per heavy atom. The number of nitrogens with one attached hydrogen (secondary N) is 1. The van der Waals surface area contributed by atoms with Crippen molar-refractivity contribution in [2.45, 2.75) is 26.2 Å². The average Bonchev–Trinajstić information content (AvgIpc) is 3.24. The normalized spacial score (nSPS) is 20.1. The highest BCUT2D eigenvalue weighted by Crippen LogP contribution is 2.48. The number of aryl methyl sites for hydroxylation is 2. The molecule has 0 aromatic heterocycles. The standard InChI is InChI=1S/C18H18BrNO/c1-11-8-14(19)9-12(2)17(11)20-18(21)16-10-15(16)13-6-4-3-5-7-13/h3-9,15-16H,10H2,1-2H3,(H,20,21)/t15-,16+/m0/s1. The van der Waals surface area contributed by atoms with Crippen LogP contribution in [0, 0.1) is 19.8 Å². The molecule has 2 aromatic rings. The highest BCUT2D eigenvalue weighted by atomic mass is 79.9. The zero-order chi connectivity index (χ0) is 15.0. The van der Waals surface area contributed by atoms with E-state index in [4.69, 9.17) is 0 Å². The third-order valence-electron chi connectivity index (χ3n) is 4.10. The molecule has 3 heteroatoms. The minimum absolute atomic E-state index is 0.106. The molecule has 0 aliphatic heterocycles. The van der Waals surface area contributed by atoms with Gasteiger partial charge in [-0.05, 0) is 55.0 Å². The van der Waals surface area contributed by atoms with Gasteiger partial charge < -0.3 is 5.32 Å². The number of anilines is 1. The molecule has 1 amide bonds. The van der Waals surface area contributed by atoms with Crippen molar-refractivity contribution >= 4 is 27.5 Å². The van der Waals surface area contributed by atoms with Crippen LogP contribution >= 0.6 is 15.9 Å². The summed E-state index contributed by atoms with van der Waals surface area (Å²) in [6.45, 7) is 4.05. The topological polar surface area (TPSA) is 29.1 Å². The van der Waals surface area contributed by atoms with Crippen LogP contribution in [0.3, 0.4) is 0 Å². The summed E-state index contributed by atoms with van der Waals surface area (Å²) < 4.78 is 1.05. The first-order valence-electron chi connectivity index (χ1n) is 7.19. The number of hydrogen-bond donors (Lipinski definition) is 1. The van der Waals surface area contributed by atoms with E-state index in [1.54, 1.807) is 0 Å². The summed E-state index contributed by atoms with van der Waals surface area (Å²) in [5.74, 6) is 0.620. The molecular formula is C18H18BrNO. The lowest BCUT2D eigenvalue weighted by Crippen LogP contribution is -2.16. The largest absolute Gasteiger partial charge is 0.325 e. The number of rotatable bonds is 3. The molecule has 0 bridgehead atoms. The van der Waals surface area contributed by atoms with E-state index in [2.05, 4.69) is 33.4 Å². The van der Waals surface area contributed by atoms with Crippen LogP contribution < -0.4 is 5.32 Å². The molecule has 1 saturated carbocycles. The van der Waals surface area contributed by atoms with Gasteiger partial charge in [-0.1, -0.05) is 46.3 Å². The SMILES string of the molecule is Cc1cc(Br)cc(C)c1NC(=O)[C@@H]1C[C@H]1c1ccccc1. The van der Waals surface area contributed by atoms with Crippen LogP contribution in [0.4, 0.5) is 5.69 Å². The minimum Gasteiger partial charge on any atom is -0.325 e. The molecule has 21 heavy (non-hydrogen) atoms. The molecule has 2 atom stereocenters. The van der Waals surface area contributed by atoms with Gasteiger partial charge in [-0.15, -0.1) is 0 Å². The molecule has 3 rings (SSSR count). The van der Waals surface area contributed by atoms with Crippen molar-refractivity contribution in [2.75, 3.05) is 5.32 Å². The lowest BCUT2D eigenvalue weighted by Gasteiger charge is -2.12. The van der Waals surface area contributed by atoms with Crippen LogP contribution in [0.15, 0.2) is 46.9 Å². The number of benzene rings is 2. The maximum atomic E-state index is 12.4. The van der Waals surface area contributed by atoms with Gasteiger partial charge in [0.1, 0.15) is 0 Å². The van der Waals surface area contributed by atoms with E-state index in [-0.39, 0.29) is 11.8 Å². The van der Waals surface area contributed by atoms with Gasteiger partial charge in [-0.25, -0.2) is 0 Å². The highest BCUT2D eigenvalue weighted by Gasteiger charge is 2.43. The van der Waals surface area contributed by atoms with E-state index < -0.39 is 0 Å². The first kappa shape index (κ1) is 14.3. The van der Waals surface area contributed by atoms with Gasteiger partial charge in [0, 0.05) is 16.1 Å². The van der Waals surface area contributed by atoms with Crippen LogP contribution in [0.2, 0.25) is 0 Å². The summed E-state index contributed by atoms with van der Waals surface area (Å²) in [5, 5.41) is 3.11. The lowest BCUT2D eigenvalue weighted by molar-refractivity contribution is -0.117. The molecule has 0 radical (unpaired) electrons. The molecule has 1 N–H and O–H groups in total. The fourth-order valence-corrected chi connectivity index (χ4v) is 3.56. The van der Waals surface area contributed by atoms with Gasteiger partial charge in [0.2, 0.25) is 5.91 Å². The minimum atomic E-state index is 0.106. The molecule has 0 heterocycles. The predicted molar refractivity (Wildman–Crippen MR) is 89.5 cm³/mol. The highest BCUT2D eigenvalue weighted by molar-refractivity contribution is 9.10. The van der Waals surface area contributed by atoms with Crippen LogP contribution in [-0.4, -0.2) is 5.91 Å². The molecule has 2 nitrogen and oxygen atoms in total. The second-order valence-corrected chi connectivity index (χ2v) is 6.68. The quantitative estimate of drug-likeness (QED) is 0.851. The van der Waals surface area contributed by atoms with Crippen molar-refractivity contribution in [3.05, 3.63) is 63.6 Å². The Bertz CT molecular complexity index is 658. The monoisotopic (exact) mass is 343 g/mol. The number of carbonyl (C=O) groups is 1. The van der Waals surface area contributed by atoms with Crippen LogP contribution in [0.25, 0.3) is 0 Å². The number of halogens is 1. The zero-order valence-corrected chi connectivity index (χ0v) is 13.8. The number of carbonyl (C=O) groups excluding carboxylic acids is 1. The van der Waals surface area contributed by atoms with Gasteiger partial charge in [0.15, 0.2) is 0 Å². The van der Waals surface area contributed by atoms with E-state index in [0.29, 0.717) is 5.92 Å². The zero-order valence-electron chi connectivity index (χ0n) is 12.2. The van der Waals surface area contributed by atoms with Crippen LogP contribution in [0.5, 0.6) is 0 Å². The predicted octanol–water partition coefficient (Wildman–Crippen LogP) is 4.81. The second-order valence-electron chi connectivity index (χ2n) is 5.76. The molecule has 2 aromatic carbocycles. The smallest absolute Gasteiger partial charge is 0.228 e. The van der Waals surface area contributed by atoms with Crippen molar-refractivity contribution < 1.29 is 4.79 Å². The Morgan fingerprint density at radius 3 is 2.38 bits per heavy atom. The van der Waals surface area contributed by atoms with Gasteiger partial charge in [-0.3, -0.25) is 4.79 Å². The van der Waals surface area contributed by atoms with Gasteiger partial charge in [-0.2, -0.15) is 0 Å². The summed E-state index contributed by atoms with van der Waals surface area (Å²) >= 11 is 3.48. The summed E-state index contributed by atoms with van der Waals surface area (Å²) in [5.41, 5.74) is 4.39. The van der Waals surface area contributed by atoms with E-state index in [0.717, 1.165) is 27.7 Å². The van der Waals surface area contributed by atoms with Crippen molar-refractivity contribution in [2.24, 2.45) is 5.92 Å². The van der Waals surface area contributed by atoms with Crippen LogP contribution in [0.1, 0.15) is 29.0 Å². The lowest BCUT2D eigenvalue weighted by atomic mass is 10.1. The van der Waals surface area contributed by atoms with E-state index in [9.17, 15) is 4.79 Å². The summed E-state index contributed by atoms with van der Waals surface area (Å²) in [7, 11) is 0. The van der Waals surface area contributed by atoms with Crippen molar-refractivity contribution in [3.8, 4) is 0 Å². The molecular weight excluding hydrogens is 326 g/mol. The fraction of sp³-hybridized carbons (Fsp3) is 0.278. The average molecular weight is 344 g/mol. The molecule has 0 spiro atoms. The number of hydrogen-bond acceptors (Lipinski definition) is 1. The van der Waals surface area contributed by atoms with E-state index in [1.165, 1.54) is 5.56 Å². The van der Waals surface area contributed by atoms with Crippen molar-refractivity contribution in [1.29, 1.82) is 0 Å². The van der Waals surface area contributed by atoms with Crippen LogP contribution in [-0.2, 0) is 4.79 Å². The van der Waals surface area contributed by atoms with Gasteiger partial charge in [0.05, 0.1) is 0 Å². The van der Waals surface area contributed by atoms with Crippen molar-refractivity contribution in [3.63, 3.8) is 0 Å².